The molecule has 1 atom stereocenters. The average Bonchev–Trinajstić information content (AvgIpc) is 2.44. The van der Waals surface area contributed by atoms with E-state index in [9.17, 15) is 0 Å². The first-order valence-electron chi connectivity index (χ1n) is 7.09. The first kappa shape index (κ1) is 15.3. The van der Waals surface area contributed by atoms with Crippen molar-refractivity contribution in [2.24, 2.45) is 0 Å². The van der Waals surface area contributed by atoms with Crippen molar-refractivity contribution >= 4 is 34.2 Å². The zero-order valence-electron chi connectivity index (χ0n) is 11.4. The average molecular weight is 390 g/mol. The highest BCUT2D eigenvalue weighted by Crippen LogP contribution is 2.32. The van der Waals surface area contributed by atoms with Crippen LogP contribution in [0.4, 0.5) is 0 Å². The maximum Gasteiger partial charge on any atom is 0.0542 e. The molecule has 0 radical (unpaired) electrons. The molecular formula is C16H21ClIN. The molecule has 0 aliphatic heterocycles. The van der Waals surface area contributed by atoms with Gasteiger partial charge in [0, 0.05) is 3.57 Å². The van der Waals surface area contributed by atoms with Gasteiger partial charge in [0.1, 0.15) is 0 Å². The Bertz CT molecular complexity index is 456. The summed E-state index contributed by atoms with van der Waals surface area (Å²) in [5.41, 5.74) is 2.84. The largest absolute Gasteiger partial charge is 0.307 e. The fraction of sp³-hybridized carbons (Fsp3) is 0.500. The minimum absolute atomic E-state index is 0.342. The van der Waals surface area contributed by atoms with E-state index in [4.69, 9.17) is 11.6 Å². The van der Waals surface area contributed by atoms with Crippen LogP contribution in [0.2, 0.25) is 5.02 Å². The van der Waals surface area contributed by atoms with Crippen molar-refractivity contribution in [3.8, 4) is 0 Å². The van der Waals surface area contributed by atoms with Crippen molar-refractivity contribution in [1.29, 1.82) is 0 Å². The molecule has 0 heterocycles. The molecule has 1 N–H and O–H groups in total. The highest BCUT2D eigenvalue weighted by molar-refractivity contribution is 14.1. The fourth-order valence-electron chi connectivity index (χ4n) is 2.57. The van der Waals surface area contributed by atoms with Gasteiger partial charge in [-0.05, 0) is 78.9 Å². The van der Waals surface area contributed by atoms with Crippen LogP contribution in [0.15, 0.2) is 29.8 Å². The van der Waals surface area contributed by atoms with Gasteiger partial charge < -0.3 is 5.32 Å². The lowest BCUT2D eigenvalue weighted by molar-refractivity contribution is 0.547. The molecule has 1 aromatic rings. The number of hydrogen-bond acceptors (Lipinski definition) is 1. The maximum absolute atomic E-state index is 6.28. The van der Waals surface area contributed by atoms with E-state index in [0.717, 1.165) is 21.6 Å². The molecule has 3 heteroatoms. The molecule has 0 amide bonds. The Hall–Kier alpha value is -0.0600. The number of hydrogen-bond donors (Lipinski definition) is 1. The molecule has 2 rings (SSSR count). The van der Waals surface area contributed by atoms with E-state index in [1.807, 2.05) is 0 Å². The summed E-state index contributed by atoms with van der Waals surface area (Å²) in [5.74, 6) is 0. The summed E-state index contributed by atoms with van der Waals surface area (Å²) < 4.78 is 1.12. The zero-order chi connectivity index (χ0) is 13.7. The molecule has 1 nitrogen and oxygen atoms in total. The summed E-state index contributed by atoms with van der Waals surface area (Å²) >= 11 is 8.56. The maximum atomic E-state index is 6.28. The summed E-state index contributed by atoms with van der Waals surface area (Å²) in [6.45, 7) is 3.26. The molecule has 19 heavy (non-hydrogen) atoms. The first-order valence-corrected chi connectivity index (χ1v) is 8.55. The van der Waals surface area contributed by atoms with Gasteiger partial charge in [-0.3, -0.25) is 0 Å². The smallest absolute Gasteiger partial charge is 0.0542 e. The molecule has 0 bridgehead atoms. The van der Waals surface area contributed by atoms with Crippen molar-refractivity contribution in [2.45, 2.75) is 45.1 Å². The number of halogens is 2. The number of benzene rings is 1. The molecule has 1 unspecified atom stereocenters. The van der Waals surface area contributed by atoms with Crippen molar-refractivity contribution < 1.29 is 0 Å². The Morgan fingerprint density at radius 3 is 2.84 bits per heavy atom. The third-order valence-electron chi connectivity index (χ3n) is 3.57. The Balaban J connectivity index is 2.25. The minimum Gasteiger partial charge on any atom is -0.307 e. The van der Waals surface area contributed by atoms with Crippen molar-refractivity contribution in [2.75, 3.05) is 6.54 Å². The van der Waals surface area contributed by atoms with E-state index in [1.165, 1.54) is 36.8 Å². The topological polar surface area (TPSA) is 12.0 Å². The van der Waals surface area contributed by atoms with Gasteiger partial charge in [-0.25, -0.2) is 0 Å². The van der Waals surface area contributed by atoms with Crippen LogP contribution in [0.3, 0.4) is 0 Å². The lowest BCUT2D eigenvalue weighted by Gasteiger charge is -2.25. The van der Waals surface area contributed by atoms with Gasteiger partial charge in [0.15, 0.2) is 0 Å². The summed E-state index contributed by atoms with van der Waals surface area (Å²) in [5, 5.41) is 4.53. The number of nitrogens with one attached hydrogen (secondary N) is 1. The van der Waals surface area contributed by atoms with Gasteiger partial charge in [0.25, 0.3) is 0 Å². The molecular weight excluding hydrogens is 369 g/mol. The Morgan fingerprint density at radius 2 is 2.21 bits per heavy atom. The van der Waals surface area contributed by atoms with Crippen LogP contribution < -0.4 is 5.32 Å². The quantitative estimate of drug-likeness (QED) is 0.519. The summed E-state index contributed by atoms with van der Waals surface area (Å²) in [4.78, 5) is 0. The SMILES string of the molecule is CCCNC(C1=CCCCC1)c1ccc(I)c(Cl)c1. The fourth-order valence-corrected chi connectivity index (χ4v) is 3.09. The Kier molecular flexibility index (Phi) is 6.17. The monoisotopic (exact) mass is 389 g/mol. The van der Waals surface area contributed by atoms with Crippen molar-refractivity contribution in [3.63, 3.8) is 0 Å². The predicted molar refractivity (Wildman–Crippen MR) is 91.8 cm³/mol. The molecule has 0 fully saturated rings. The second-order valence-corrected chi connectivity index (χ2v) is 6.65. The van der Waals surface area contributed by atoms with Crippen molar-refractivity contribution in [3.05, 3.63) is 44.0 Å². The predicted octanol–water partition coefficient (Wildman–Crippen LogP) is 5.49. The van der Waals surface area contributed by atoms with Gasteiger partial charge in [-0.2, -0.15) is 0 Å². The van der Waals surface area contributed by atoms with Crippen LogP contribution in [0, 0.1) is 3.57 Å². The van der Waals surface area contributed by atoms with E-state index in [1.54, 1.807) is 0 Å². The van der Waals surface area contributed by atoms with E-state index in [0.29, 0.717) is 6.04 Å². The lowest BCUT2D eigenvalue weighted by atomic mass is 9.90. The summed E-state index contributed by atoms with van der Waals surface area (Å²) in [6, 6.07) is 6.78. The van der Waals surface area contributed by atoms with Gasteiger partial charge in [-0.15, -0.1) is 0 Å². The highest BCUT2D eigenvalue weighted by atomic mass is 127. The molecule has 1 aliphatic carbocycles. The molecule has 0 saturated heterocycles. The van der Waals surface area contributed by atoms with E-state index in [-0.39, 0.29) is 0 Å². The van der Waals surface area contributed by atoms with Crippen LogP contribution in [0.1, 0.15) is 50.6 Å². The summed E-state index contributed by atoms with van der Waals surface area (Å²) in [6.07, 6.45) is 8.65. The first-order chi connectivity index (χ1) is 9.22. The summed E-state index contributed by atoms with van der Waals surface area (Å²) in [7, 11) is 0. The van der Waals surface area contributed by atoms with Gasteiger partial charge in [0.05, 0.1) is 11.1 Å². The Morgan fingerprint density at radius 1 is 1.37 bits per heavy atom. The third kappa shape index (κ3) is 4.20. The molecule has 104 valence electrons. The Labute approximate surface area is 135 Å². The van der Waals surface area contributed by atoms with Crippen molar-refractivity contribution in [1.82, 2.24) is 5.32 Å². The standard InChI is InChI=1S/C16H21ClIN/c1-2-10-19-16(12-6-4-3-5-7-12)13-8-9-15(18)14(17)11-13/h6,8-9,11,16,19H,2-5,7,10H2,1H3. The zero-order valence-corrected chi connectivity index (χ0v) is 14.3. The van der Waals surface area contributed by atoms with Crippen LogP contribution in [-0.2, 0) is 0 Å². The second-order valence-electron chi connectivity index (χ2n) is 5.09. The molecule has 1 aliphatic rings. The van der Waals surface area contributed by atoms with Crippen LogP contribution in [0.5, 0.6) is 0 Å². The van der Waals surface area contributed by atoms with Crippen LogP contribution in [0.25, 0.3) is 0 Å². The van der Waals surface area contributed by atoms with Gasteiger partial charge in [-0.1, -0.05) is 36.2 Å². The highest BCUT2D eigenvalue weighted by Gasteiger charge is 2.18. The second kappa shape index (κ2) is 7.65. The van der Waals surface area contributed by atoms with E-state index >= 15 is 0 Å². The van der Waals surface area contributed by atoms with Gasteiger partial charge >= 0.3 is 0 Å². The van der Waals surface area contributed by atoms with E-state index < -0.39 is 0 Å². The number of rotatable bonds is 5. The molecule has 0 spiro atoms. The molecule has 0 saturated carbocycles. The number of allylic oxidation sites excluding steroid dienone is 1. The lowest BCUT2D eigenvalue weighted by Crippen LogP contribution is -2.24. The van der Waals surface area contributed by atoms with Crippen LogP contribution >= 0.6 is 34.2 Å². The third-order valence-corrected chi connectivity index (χ3v) is 5.14. The molecule has 1 aromatic carbocycles. The minimum atomic E-state index is 0.342. The normalized spacial score (nSPS) is 17.1. The van der Waals surface area contributed by atoms with Crippen LogP contribution in [-0.4, -0.2) is 6.54 Å². The molecule has 0 aromatic heterocycles. The van der Waals surface area contributed by atoms with Gasteiger partial charge in [0.2, 0.25) is 0 Å². The van der Waals surface area contributed by atoms with E-state index in [2.05, 4.69) is 59.1 Å².